The molecule has 1 N–H and O–H groups in total. The predicted molar refractivity (Wildman–Crippen MR) is 69.9 cm³/mol. The molecule has 0 atom stereocenters. The second-order valence-corrected chi connectivity index (χ2v) is 4.25. The second-order valence-electron chi connectivity index (χ2n) is 4.25. The number of esters is 1. The summed E-state index contributed by atoms with van der Waals surface area (Å²) in [5.41, 5.74) is -0.217. The fraction of sp³-hybridized carbons (Fsp3) is 0.286. The number of nitrogens with one attached hydrogen (secondary N) is 1. The van der Waals surface area contributed by atoms with E-state index in [1.54, 1.807) is 0 Å². The summed E-state index contributed by atoms with van der Waals surface area (Å²) in [6.07, 6.45) is -4.43. The van der Waals surface area contributed by atoms with E-state index in [0.717, 1.165) is 19.2 Å². The molecule has 4 nitrogen and oxygen atoms in total. The maximum atomic E-state index is 12.5. The summed E-state index contributed by atoms with van der Waals surface area (Å²) in [6.45, 7) is 2.72. The molecule has 1 rings (SSSR count). The minimum atomic E-state index is -4.43. The van der Waals surface area contributed by atoms with Gasteiger partial charge in [-0.25, -0.2) is 4.79 Å². The van der Waals surface area contributed by atoms with Crippen LogP contribution in [0.2, 0.25) is 0 Å². The average Bonchev–Trinajstić information content (AvgIpc) is 2.42. The van der Waals surface area contributed by atoms with Crippen molar-refractivity contribution in [3.63, 3.8) is 0 Å². The number of alkyl halides is 3. The molecule has 0 heterocycles. The van der Waals surface area contributed by atoms with Crippen LogP contribution in [0.15, 0.2) is 30.0 Å². The average molecular weight is 301 g/mol. The molecule has 21 heavy (non-hydrogen) atoms. The van der Waals surface area contributed by atoms with Gasteiger partial charge >= 0.3 is 12.1 Å². The molecule has 7 heteroatoms. The molecular weight excluding hydrogens is 287 g/mol. The molecule has 1 aromatic carbocycles. The highest BCUT2D eigenvalue weighted by Crippen LogP contribution is 2.30. The van der Waals surface area contributed by atoms with Crippen molar-refractivity contribution >= 4 is 17.4 Å². The van der Waals surface area contributed by atoms with E-state index in [-0.39, 0.29) is 5.70 Å². The molecule has 0 saturated heterocycles. The molecule has 0 aromatic heterocycles. The Balaban J connectivity index is 3.23. The van der Waals surface area contributed by atoms with E-state index in [1.807, 2.05) is 0 Å². The van der Waals surface area contributed by atoms with Gasteiger partial charge in [-0.15, -0.1) is 0 Å². The minimum Gasteiger partial charge on any atom is -0.464 e. The van der Waals surface area contributed by atoms with Crippen LogP contribution in [0.3, 0.4) is 0 Å². The molecule has 1 aromatic rings. The number of allylic oxidation sites excluding steroid dienone is 1. The smallest absolute Gasteiger partial charge is 0.416 e. The number of methoxy groups -OCH3 is 1. The van der Waals surface area contributed by atoms with E-state index in [2.05, 4.69) is 10.1 Å². The summed E-state index contributed by atoms with van der Waals surface area (Å²) in [5.74, 6) is -1.26. The first-order valence-electron chi connectivity index (χ1n) is 5.91. The lowest BCUT2D eigenvalue weighted by Crippen LogP contribution is -2.26. The van der Waals surface area contributed by atoms with Gasteiger partial charge < -0.3 is 10.1 Å². The molecule has 0 aliphatic rings. The molecule has 0 spiro atoms. The highest BCUT2D eigenvalue weighted by Gasteiger charge is 2.30. The van der Waals surface area contributed by atoms with Crippen molar-refractivity contribution in [2.75, 3.05) is 7.11 Å². The maximum absolute atomic E-state index is 12.5. The molecule has 0 saturated carbocycles. The second kappa shape index (κ2) is 6.43. The summed E-state index contributed by atoms with van der Waals surface area (Å²) in [5, 5.41) is 2.32. The van der Waals surface area contributed by atoms with Crippen molar-refractivity contribution in [1.29, 1.82) is 0 Å². The van der Waals surface area contributed by atoms with Gasteiger partial charge in [0.1, 0.15) is 5.70 Å². The Morgan fingerprint density at radius 1 is 1.10 bits per heavy atom. The molecule has 0 aliphatic heterocycles. The summed E-state index contributed by atoms with van der Waals surface area (Å²) in [6, 6.07) is 4.26. The zero-order chi connectivity index (χ0) is 16.2. The number of ether oxygens (including phenoxy) is 1. The summed E-state index contributed by atoms with van der Waals surface area (Å²) in [7, 11) is 1.14. The van der Waals surface area contributed by atoms with Crippen LogP contribution in [-0.4, -0.2) is 19.0 Å². The zero-order valence-corrected chi connectivity index (χ0v) is 11.7. The lowest BCUT2D eigenvalue weighted by Gasteiger charge is -2.12. The van der Waals surface area contributed by atoms with E-state index in [0.29, 0.717) is 11.1 Å². The van der Waals surface area contributed by atoms with Gasteiger partial charge in [-0.3, -0.25) is 4.79 Å². The maximum Gasteiger partial charge on any atom is 0.416 e. The SMILES string of the molecule is COC(=O)/C(NC(C)=O)=C(\C)c1ccc(C(F)(F)F)cc1. The first kappa shape index (κ1) is 16.7. The molecule has 0 bridgehead atoms. The van der Waals surface area contributed by atoms with E-state index >= 15 is 0 Å². The van der Waals surface area contributed by atoms with E-state index in [1.165, 1.54) is 26.0 Å². The van der Waals surface area contributed by atoms with E-state index < -0.39 is 23.6 Å². The van der Waals surface area contributed by atoms with Crippen LogP contribution in [-0.2, 0) is 20.5 Å². The van der Waals surface area contributed by atoms with Gasteiger partial charge in [0.2, 0.25) is 5.91 Å². The number of hydrogen-bond donors (Lipinski definition) is 1. The lowest BCUT2D eigenvalue weighted by molar-refractivity contribution is -0.138. The van der Waals surface area contributed by atoms with Gasteiger partial charge in [-0.05, 0) is 30.2 Å². The van der Waals surface area contributed by atoms with Gasteiger partial charge in [-0.2, -0.15) is 13.2 Å². The fourth-order valence-electron chi connectivity index (χ4n) is 1.63. The Bertz CT molecular complexity index is 574. The molecular formula is C14H14F3NO3. The number of hydrogen-bond acceptors (Lipinski definition) is 3. The summed E-state index contributed by atoms with van der Waals surface area (Å²) < 4.78 is 42.0. The van der Waals surface area contributed by atoms with Crippen LogP contribution >= 0.6 is 0 Å². The molecule has 0 radical (unpaired) electrons. The Morgan fingerprint density at radius 2 is 1.62 bits per heavy atom. The zero-order valence-electron chi connectivity index (χ0n) is 11.7. The number of carbonyl (C=O) groups is 2. The highest BCUT2D eigenvalue weighted by atomic mass is 19.4. The first-order chi connectivity index (χ1) is 9.66. The third kappa shape index (κ3) is 4.34. The number of rotatable bonds is 3. The van der Waals surface area contributed by atoms with Crippen molar-refractivity contribution in [2.24, 2.45) is 0 Å². The van der Waals surface area contributed by atoms with Gasteiger partial charge in [0, 0.05) is 6.92 Å². The predicted octanol–water partition coefficient (Wildman–Crippen LogP) is 2.75. The van der Waals surface area contributed by atoms with Gasteiger partial charge in [-0.1, -0.05) is 12.1 Å². The van der Waals surface area contributed by atoms with Crippen molar-refractivity contribution in [3.8, 4) is 0 Å². The number of amides is 1. The van der Waals surface area contributed by atoms with E-state index in [9.17, 15) is 22.8 Å². The Kier molecular flexibility index (Phi) is 5.12. The molecule has 0 fully saturated rings. The highest BCUT2D eigenvalue weighted by molar-refractivity contribution is 6.00. The number of halogens is 3. The minimum absolute atomic E-state index is 0.107. The van der Waals surface area contributed by atoms with Crippen LogP contribution in [0.5, 0.6) is 0 Å². The summed E-state index contributed by atoms with van der Waals surface area (Å²) in [4.78, 5) is 22.7. The van der Waals surface area contributed by atoms with Crippen molar-refractivity contribution in [1.82, 2.24) is 5.32 Å². The Morgan fingerprint density at radius 3 is 2.00 bits per heavy atom. The van der Waals surface area contributed by atoms with Crippen LogP contribution in [0.4, 0.5) is 13.2 Å². The van der Waals surface area contributed by atoms with Gasteiger partial charge in [0.15, 0.2) is 0 Å². The molecule has 0 unspecified atom stereocenters. The third-order valence-electron chi connectivity index (χ3n) is 2.71. The quantitative estimate of drug-likeness (QED) is 0.690. The lowest BCUT2D eigenvalue weighted by atomic mass is 10.0. The van der Waals surface area contributed by atoms with Crippen LogP contribution in [0.25, 0.3) is 5.57 Å². The molecule has 114 valence electrons. The van der Waals surface area contributed by atoms with Crippen molar-refractivity contribution in [3.05, 3.63) is 41.1 Å². The van der Waals surface area contributed by atoms with Gasteiger partial charge in [0.05, 0.1) is 12.7 Å². The Hall–Kier alpha value is -2.31. The van der Waals surface area contributed by atoms with Crippen LogP contribution in [0.1, 0.15) is 25.0 Å². The molecule has 1 amide bonds. The van der Waals surface area contributed by atoms with Crippen molar-refractivity contribution < 1.29 is 27.5 Å². The fourth-order valence-corrected chi connectivity index (χ4v) is 1.63. The normalized spacial score (nSPS) is 12.5. The first-order valence-corrected chi connectivity index (χ1v) is 5.91. The third-order valence-corrected chi connectivity index (χ3v) is 2.71. The topological polar surface area (TPSA) is 55.4 Å². The van der Waals surface area contributed by atoms with Gasteiger partial charge in [0.25, 0.3) is 0 Å². The van der Waals surface area contributed by atoms with E-state index in [4.69, 9.17) is 0 Å². The largest absolute Gasteiger partial charge is 0.464 e. The Labute approximate surface area is 119 Å². The standard InChI is InChI=1S/C14H14F3NO3/c1-8(12(13(20)21-3)18-9(2)19)10-4-6-11(7-5-10)14(15,16)17/h4-7H,1-3H3,(H,18,19)/b12-8-. The number of carbonyl (C=O) groups excluding carboxylic acids is 2. The number of benzene rings is 1. The molecule has 0 aliphatic carbocycles. The van der Waals surface area contributed by atoms with Crippen molar-refractivity contribution in [2.45, 2.75) is 20.0 Å². The van der Waals surface area contributed by atoms with Crippen LogP contribution in [0, 0.1) is 0 Å². The monoisotopic (exact) mass is 301 g/mol. The summed E-state index contributed by atoms with van der Waals surface area (Å²) >= 11 is 0. The van der Waals surface area contributed by atoms with Crippen LogP contribution < -0.4 is 5.32 Å².